The Labute approximate surface area is 160 Å². The summed E-state index contributed by atoms with van der Waals surface area (Å²) in [4.78, 5) is 38.3. The SMILES string of the molecule is O=C(O)c1ccc(C(=O)C2CCN3CCCc4ccc(O)c2c43)c(C(=O)O)c1. The first kappa shape index (κ1) is 18.0. The molecular weight excluding hydrogens is 362 g/mol. The van der Waals surface area contributed by atoms with Crippen molar-refractivity contribution in [1.82, 2.24) is 0 Å². The van der Waals surface area contributed by atoms with Gasteiger partial charge in [0.05, 0.1) is 17.0 Å². The van der Waals surface area contributed by atoms with Gasteiger partial charge in [-0.25, -0.2) is 9.59 Å². The van der Waals surface area contributed by atoms with E-state index in [0.29, 0.717) is 18.5 Å². The molecule has 1 unspecified atom stereocenters. The summed E-state index contributed by atoms with van der Waals surface area (Å²) in [6, 6.07) is 6.96. The zero-order valence-electron chi connectivity index (χ0n) is 15.0. The summed E-state index contributed by atoms with van der Waals surface area (Å²) in [7, 11) is 0. The first-order valence-corrected chi connectivity index (χ1v) is 9.13. The second-order valence-electron chi connectivity index (χ2n) is 7.17. The summed E-state index contributed by atoms with van der Waals surface area (Å²) in [5.74, 6) is -3.67. The number of rotatable bonds is 4. The van der Waals surface area contributed by atoms with Crippen molar-refractivity contribution in [3.8, 4) is 5.75 Å². The van der Waals surface area contributed by atoms with Gasteiger partial charge < -0.3 is 20.2 Å². The molecule has 0 amide bonds. The number of carbonyl (C=O) groups excluding carboxylic acids is 1. The lowest BCUT2D eigenvalue weighted by molar-refractivity contribution is 0.0691. The zero-order chi connectivity index (χ0) is 20.0. The maximum Gasteiger partial charge on any atom is 0.336 e. The Bertz CT molecular complexity index is 1010. The van der Waals surface area contributed by atoms with Crippen molar-refractivity contribution in [2.75, 3.05) is 18.0 Å². The van der Waals surface area contributed by atoms with Crippen LogP contribution in [0.2, 0.25) is 0 Å². The predicted molar refractivity (Wildman–Crippen MR) is 101 cm³/mol. The first-order chi connectivity index (χ1) is 13.4. The van der Waals surface area contributed by atoms with Gasteiger partial charge in [0.2, 0.25) is 0 Å². The number of hydrogen-bond acceptors (Lipinski definition) is 5. The predicted octanol–water partition coefficient (Wildman–Crippen LogP) is 2.91. The van der Waals surface area contributed by atoms with Crippen LogP contribution in [0.4, 0.5) is 5.69 Å². The number of carboxylic acids is 2. The Morgan fingerprint density at radius 3 is 2.46 bits per heavy atom. The van der Waals surface area contributed by atoms with Gasteiger partial charge in [0.1, 0.15) is 5.75 Å². The molecule has 2 aliphatic heterocycles. The Morgan fingerprint density at radius 2 is 1.75 bits per heavy atom. The molecule has 0 saturated carbocycles. The van der Waals surface area contributed by atoms with Gasteiger partial charge in [-0.15, -0.1) is 0 Å². The maximum absolute atomic E-state index is 13.3. The largest absolute Gasteiger partial charge is 0.508 e. The molecule has 2 heterocycles. The van der Waals surface area contributed by atoms with Crippen LogP contribution in [0.25, 0.3) is 0 Å². The van der Waals surface area contributed by atoms with Gasteiger partial charge in [-0.05, 0) is 49.1 Å². The molecule has 0 aliphatic carbocycles. The average Bonchev–Trinajstić information content (AvgIpc) is 2.69. The lowest BCUT2D eigenvalue weighted by Crippen LogP contribution is -2.37. The van der Waals surface area contributed by atoms with Crippen LogP contribution in [0, 0.1) is 0 Å². The average molecular weight is 381 g/mol. The second-order valence-corrected chi connectivity index (χ2v) is 7.17. The van der Waals surface area contributed by atoms with Crippen LogP contribution in [0.5, 0.6) is 5.75 Å². The summed E-state index contributed by atoms with van der Waals surface area (Å²) in [6.45, 7) is 1.51. The van der Waals surface area contributed by atoms with Crippen molar-refractivity contribution in [3.05, 3.63) is 58.1 Å². The van der Waals surface area contributed by atoms with Gasteiger partial charge in [-0.3, -0.25) is 4.79 Å². The van der Waals surface area contributed by atoms with Gasteiger partial charge in [-0.2, -0.15) is 0 Å². The minimum Gasteiger partial charge on any atom is -0.508 e. The Balaban J connectivity index is 1.82. The standard InChI is InChI=1S/C21H19NO6/c23-16-6-4-11-2-1-8-22-9-7-14(17(16)18(11)22)19(24)13-5-3-12(20(25)26)10-15(13)21(27)28/h3-6,10,14,23H,1-2,7-9H2,(H,25,26)(H,27,28). The quantitative estimate of drug-likeness (QED) is 0.698. The molecule has 0 spiro atoms. The van der Waals surface area contributed by atoms with Crippen LogP contribution in [-0.4, -0.2) is 46.1 Å². The van der Waals surface area contributed by atoms with Crippen molar-refractivity contribution in [1.29, 1.82) is 0 Å². The monoisotopic (exact) mass is 381 g/mol. The molecule has 2 aromatic carbocycles. The number of benzene rings is 2. The minimum atomic E-state index is -1.36. The number of carbonyl (C=O) groups is 3. The summed E-state index contributed by atoms with van der Waals surface area (Å²) >= 11 is 0. The number of nitrogens with zero attached hydrogens (tertiary/aromatic N) is 1. The number of phenolic OH excluding ortho intramolecular Hbond substituents is 1. The van der Waals surface area contributed by atoms with Crippen LogP contribution in [-0.2, 0) is 6.42 Å². The highest BCUT2D eigenvalue weighted by atomic mass is 16.4. The van der Waals surface area contributed by atoms with E-state index in [2.05, 4.69) is 4.90 Å². The highest BCUT2D eigenvalue weighted by molar-refractivity contribution is 6.10. The number of aromatic carboxylic acids is 2. The van der Waals surface area contributed by atoms with Crippen LogP contribution >= 0.6 is 0 Å². The number of ketones is 1. The minimum absolute atomic E-state index is 0.0303. The number of phenols is 1. The third-order valence-electron chi connectivity index (χ3n) is 5.58. The van der Waals surface area contributed by atoms with E-state index in [4.69, 9.17) is 5.11 Å². The van der Waals surface area contributed by atoms with Gasteiger partial charge in [0.15, 0.2) is 5.78 Å². The van der Waals surface area contributed by atoms with Gasteiger partial charge in [0, 0.05) is 29.9 Å². The highest BCUT2D eigenvalue weighted by Crippen LogP contribution is 2.46. The lowest BCUT2D eigenvalue weighted by Gasteiger charge is -2.40. The molecule has 0 aromatic heterocycles. The molecular formula is C21H19NO6. The van der Waals surface area contributed by atoms with Crippen molar-refractivity contribution >= 4 is 23.4 Å². The third kappa shape index (κ3) is 2.79. The first-order valence-electron chi connectivity index (χ1n) is 9.13. The van der Waals surface area contributed by atoms with Gasteiger partial charge in [0.25, 0.3) is 0 Å². The van der Waals surface area contributed by atoms with Crippen LogP contribution < -0.4 is 4.90 Å². The lowest BCUT2D eigenvalue weighted by atomic mass is 9.79. The molecule has 2 aromatic rings. The van der Waals surface area contributed by atoms with E-state index >= 15 is 0 Å². The normalized spacial score (nSPS) is 17.7. The van der Waals surface area contributed by atoms with E-state index < -0.39 is 23.6 Å². The molecule has 0 saturated heterocycles. The third-order valence-corrected chi connectivity index (χ3v) is 5.58. The van der Waals surface area contributed by atoms with Gasteiger partial charge in [-0.1, -0.05) is 6.07 Å². The summed E-state index contributed by atoms with van der Waals surface area (Å²) in [6.07, 6.45) is 2.34. The van der Waals surface area contributed by atoms with E-state index in [1.165, 1.54) is 12.1 Å². The van der Waals surface area contributed by atoms with Crippen LogP contribution in [0.1, 0.15) is 61.0 Å². The smallest absolute Gasteiger partial charge is 0.336 e. The molecule has 1 atom stereocenters. The Hall–Kier alpha value is -3.35. The molecule has 0 radical (unpaired) electrons. The fourth-order valence-electron chi connectivity index (χ4n) is 4.31. The molecule has 28 heavy (non-hydrogen) atoms. The molecule has 4 rings (SSSR count). The number of hydrogen-bond donors (Lipinski definition) is 3. The Morgan fingerprint density at radius 1 is 0.964 bits per heavy atom. The second kappa shape index (κ2) is 6.67. The summed E-state index contributed by atoms with van der Waals surface area (Å²) in [5, 5.41) is 29.1. The van der Waals surface area contributed by atoms with Crippen LogP contribution in [0.15, 0.2) is 30.3 Å². The molecule has 144 valence electrons. The zero-order valence-corrected chi connectivity index (χ0v) is 15.0. The van der Waals surface area contributed by atoms with E-state index in [-0.39, 0.29) is 22.4 Å². The van der Waals surface area contributed by atoms with Crippen molar-refractivity contribution in [2.24, 2.45) is 0 Å². The number of Topliss-reactive ketones (excluding diaryl/α,β-unsaturated/α-hetero) is 1. The Kier molecular flexibility index (Phi) is 4.30. The summed E-state index contributed by atoms with van der Waals surface area (Å²) < 4.78 is 0. The number of anilines is 1. The molecule has 3 N–H and O–H groups in total. The topological polar surface area (TPSA) is 115 Å². The molecule has 7 heteroatoms. The number of aromatic hydroxyl groups is 1. The van der Waals surface area contributed by atoms with Crippen molar-refractivity contribution in [3.63, 3.8) is 0 Å². The van der Waals surface area contributed by atoms with Crippen LogP contribution in [0.3, 0.4) is 0 Å². The molecule has 0 fully saturated rings. The van der Waals surface area contributed by atoms with E-state index in [0.717, 1.165) is 36.7 Å². The van der Waals surface area contributed by atoms with Gasteiger partial charge >= 0.3 is 11.9 Å². The van der Waals surface area contributed by atoms with E-state index in [9.17, 15) is 24.6 Å². The fourth-order valence-corrected chi connectivity index (χ4v) is 4.31. The highest BCUT2D eigenvalue weighted by Gasteiger charge is 2.37. The van der Waals surface area contributed by atoms with E-state index in [1.54, 1.807) is 6.07 Å². The summed E-state index contributed by atoms with van der Waals surface area (Å²) in [5.41, 5.74) is 1.95. The van der Waals surface area contributed by atoms with E-state index in [1.807, 2.05) is 6.07 Å². The molecule has 0 bridgehead atoms. The van der Waals surface area contributed by atoms with Crippen molar-refractivity contribution in [2.45, 2.75) is 25.2 Å². The molecule has 7 nitrogen and oxygen atoms in total. The maximum atomic E-state index is 13.3. The van der Waals surface area contributed by atoms with Crippen molar-refractivity contribution < 1.29 is 29.7 Å². The number of carboxylic acid groups (broad SMARTS) is 2. The molecule has 2 aliphatic rings. The number of aryl methyl sites for hydroxylation is 1. The fraction of sp³-hybridized carbons (Fsp3) is 0.286.